The Morgan fingerprint density at radius 2 is 1.97 bits per heavy atom. The number of amides is 1. The second-order valence-corrected chi connectivity index (χ2v) is 6.69. The molecule has 1 N–H and O–H groups in total. The molecule has 0 fully saturated rings. The highest BCUT2D eigenvalue weighted by Gasteiger charge is 2.19. The zero-order chi connectivity index (χ0) is 23.1. The molecule has 2 heterocycles. The standard InChI is InChI=1S/C23H22N4O5/c1-15-7-6-11-27-20(15)26-22(32-19-9-5-4-8-18(19)31-3)17(23(27)29)13-16(14-24)21(28)25-10-12-30-2/h4-9,11,13H,10,12H2,1-3H3,(H,25,28)/b16-13+. The number of nitrogens with one attached hydrogen (secondary N) is 1. The van der Waals surface area contributed by atoms with Crippen LogP contribution in [0.2, 0.25) is 0 Å². The molecule has 1 amide bonds. The SMILES string of the molecule is COCCNC(=O)/C(C#N)=C/c1c(Oc2ccccc2OC)nc2c(C)cccn2c1=O. The first-order valence-corrected chi connectivity index (χ1v) is 9.72. The summed E-state index contributed by atoms with van der Waals surface area (Å²) in [4.78, 5) is 30.2. The van der Waals surface area contributed by atoms with Crippen molar-refractivity contribution in [2.45, 2.75) is 6.92 Å². The number of hydrogen-bond donors (Lipinski definition) is 1. The number of rotatable bonds is 8. The molecule has 0 aliphatic carbocycles. The van der Waals surface area contributed by atoms with Gasteiger partial charge in [-0.15, -0.1) is 0 Å². The zero-order valence-electron chi connectivity index (χ0n) is 17.9. The summed E-state index contributed by atoms with van der Waals surface area (Å²) in [5.41, 5.74) is 0.349. The number of benzene rings is 1. The summed E-state index contributed by atoms with van der Waals surface area (Å²) in [6, 6.07) is 12.2. The molecule has 2 aromatic heterocycles. The van der Waals surface area contributed by atoms with Gasteiger partial charge < -0.3 is 19.5 Å². The van der Waals surface area contributed by atoms with Gasteiger partial charge in [0.2, 0.25) is 5.88 Å². The number of fused-ring (bicyclic) bond motifs is 1. The second kappa shape index (κ2) is 10.2. The van der Waals surface area contributed by atoms with Crippen LogP contribution < -0.4 is 20.3 Å². The first-order chi connectivity index (χ1) is 15.5. The van der Waals surface area contributed by atoms with Gasteiger partial charge in [0.25, 0.3) is 11.5 Å². The number of para-hydroxylation sites is 2. The van der Waals surface area contributed by atoms with Crippen LogP contribution in [0.25, 0.3) is 11.7 Å². The van der Waals surface area contributed by atoms with Crippen molar-refractivity contribution < 1.29 is 19.0 Å². The molecule has 9 heteroatoms. The Morgan fingerprint density at radius 1 is 1.22 bits per heavy atom. The summed E-state index contributed by atoms with van der Waals surface area (Å²) in [6.45, 7) is 2.31. The number of carbonyl (C=O) groups excluding carboxylic acids is 1. The average Bonchev–Trinajstić information content (AvgIpc) is 2.80. The normalized spacial score (nSPS) is 11.1. The lowest BCUT2D eigenvalue weighted by Crippen LogP contribution is -2.28. The van der Waals surface area contributed by atoms with E-state index < -0.39 is 11.5 Å². The Labute approximate surface area is 184 Å². The van der Waals surface area contributed by atoms with Crippen LogP contribution in [0.1, 0.15) is 11.1 Å². The van der Waals surface area contributed by atoms with Gasteiger partial charge >= 0.3 is 0 Å². The predicted octanol–water partition coefficient (Wildman–Crippen LogP) is 2.47. The van der Waals surface area contributed by atoms with Crippen molar-refractivity contribution in [1.29, 1.82) is 5.26 Å². The van der Waals surface area contributed by atoms with Gasteiger partial charge in [-0.25, -0.2) is 0 Å². The summed E-state index contributed by atoms with van der Waals surface area (Å²) in [7, 11) is 2.99. The van der Waals surface area contributed by atoms with E-state index in [4.69, 9.17) is 14.2 Å². The first kappa shape index (κ1) is 22.5. The fourth-order valence-electron chi connectivity index (χ4n) is 2.96. The van der Waals surface area contributed by atoms with E-state index in [0.29, 0.717) is 17.1 Å². The Morgan fingerprint density at radius 3 is 2.66 bits per heavy atom. The topological polar surface area (TPSA) is 115 Å². The molecule has 32 heavy (non-hydrogen) atoms. The van der Waals surface area contributed by atoms with Gasteiger partial charge in [0.15, 0.2) is 11.5 Å². The van der Waals surface area contributed by atoms with Gasteiger partial charge in [-0.3, -0.25) is 14.0 Å². The lowest BCUT2D eigenvalue weighted by molar-refractivity contribution is -0.117. The predicted molar refractivity (Wildman–Crippen MR) is 118 cm³/mol. The Bertz CT molecular complexity index is 1270. The molecule has 0 atom stereocenters. The van der Waals surface area contributed by atoms with Crippen LogP contribution >= 0.6 is 0 Å². The van der Waals surface area contributed by atoms with E-state index in [0.717, 1.165) is 5.56 Å². The summed E-state index contributed by atoms with van der Waals surface area (Å²) < 4.78 is 17.5. The van der Waals surface area contributed by atoms with E-state index in [2.05, 4.69) is 10.3 Å². The van der Waals surface area contributed by atoms with Gasteiger partial charge in [0.1, 0.15) is 22.9 Å². The molecule has 9 nitrogen and oxygen atoms in total. The monoisotopic (exact) mass is 434 g/mol. The molecule has 0 saturated heterocycles. The number of carbonyl (C=O) groups is 1. The highest BCUT2D eigenvalue weighted by Crippen LogP contribution is 2.32. The number of ether oxygens (including phenoxy) is 3. The Kier molecular flexibility index (Phi) is 7.21. The van der Waals surface area contributed by atoms with Crippen molar-refractivity contribution in [2.24, 2.45) is 0 Å². The quantitative estimate of drug-likeness (QED) is 0.329. The fraction of sp³-hybridized carbons (Fsp3) is 0.217. The molecule has 0 bridgehead atoms. The highest BCUT2D eigenvalue weighted by molar-refractivity contribution is 6.01. The van der Waals surface area contributed by atoms with E-state index >= 15 is 0 Å². The molecule has 0 aliphatic heterocycles. The van der Waals surface area contributed by atoms with E-state index in [1.54, 1.807) is 36.5 Å². The number of methoxy groups -OCH3 is 2. The molecular weight excluding hydrogens is 412 g/mol. The largest absolute Gasteiger partial charge is 0.493 e. The molecule has 0 spiro atoms. The summed E-state index contributed by atoms with van der Waals surface area (Å²) >= 11 is 0. The van der Waals surface area contributed by atoms with Gasteiger partial charge in [0, 0.05) is 19.9 Å². The van der Waals surface area contributed by atoms with Crippen LogP contribution in [0.3, 0.4) is 0 Å². The third-order valence-electron chi connectivity index (χ3n) is 4.57. The number of pyridine rings is 1. The molecule has 3 rings (SSSR count). The van der Waals surface area contributed by atoms with E-state index in [-0.39, 0.29) is 30.2 Å². The summed E-state index contributed by atoms with van der Waals surface area (Å²) in [6.07, 6.45) is 2.74. The number of aryl methyl sites for hydroxylation is 1. The van der Waals surface area contributed by atoms with Crippen LogP contribution in [-0.2, 0) is 9.53 Å². The van der Waals surface area contributed by atoms with Crippen molar-refractivity contribution >= 4 is 17.6 Å². The molecule has 0 unspecified atom stereocenters. The number of nitrogens with zero attached hydrogens (tertiary/aromatic N) is 3. The zero-order valence-corrected chi connectivity index (χ0v) is 17.9. The third-order valence-corrected chi connectivity index (χ3v) is 4.57. The fourth-order valence-corrected chi connectivity index (χ4v) is 2.96. The molecular formula is C23H22N4O5. The molecule has 0 radical (unpaired) electrons. The number of nitriles is 1. The second-order valence-electron chi connectivity index (χ2n) is 6.69. The van der Waals surface area contributed by atoms with Crippen LogP contribution in [0.4, 0.5) is 0 Å². The van der Waals surface area contributed by atoms with Gasteiger partial charge in [0.05, 0.1) is 13.7 Å². The first-order valence-electron chi connectivity index (χ1n) is 9.72. The Hall–Kier alpha value is -4.16. The van der Waals surface area contributed by atoms with Crippen LogP contribution in [-0.4, -0.2) is 42.7 Å². The maximum absolute atomic E-state index is 13.3. The summed E-state index contributed by atoms with van der Waals surface area (Å²) in [5, 5.41) is 12.1. The van der Waals surface area contributed by atoms with Crippen molar-refractivity contribution in [2.75, 3.05) is 27.4 Å². The number of aromatic nitrogens is 2. The Balaban J connectivity index is 2.18. The molecule has 0 aliphatic rings. The van der Waals surface area contributed by atoms with Crippen LogP contribution in [0, 0.1) is 18.3 Å². The maximum Gasteiger partial charge on any atom is 0.269 e. The minimum absolute atomic E-state index is 0.0440. The highest BCUT2D eigenvalue weighted by atomic mass is 16.5. The third kappa shape index (κ3) is 4.77. The van der Waals surface area contributed by atoms with Crippen molar-refractivity contribution in [1.82, 2.24) is 14.7 Å². The van der Waals surface area contributed by atoms with Gasteiger partial charge in [-0.2, -0.15) is 10.2 Å². The molecule has 0 saturated carbocycles. The van der Waals surface area contributed by atoms with Gasteiger partial charge in [-0.05, 0) is 36.8 Å². The minimum Gasteiger partial charge on any atom is -0.493 e. The summed E-state index contributed by atoms with van der Waals surface area (Å²) in [5.74, 6) is 0.0809. The van der Waals surface area contributed by atoms with Crippen LogP contribution in [0.15, 0.2) is 53.0 Å². The van der Waals surface area contributed by atoms with Gasteiger partial charge in [-0.1, -0.05) is 18.2 Å². The lowest BCUT2D eigenvalue weighted by atomic mass is 10.1. The molecule has 3 aromatic rings. The van der Waals surface area contributed by atoms with E-state index in [9.17, 15) is 14.9 Å². The van der Waals surface area contributed by atoms with Crippen LogP contribution in [0.5, 0.6) is 17.4 Å². The minimum atomic E-state index is -0.637. The molecule has 1 aromatic carbocycles. The van der Waals surface area contributed by atoms with Crippen molar-refractivity contribution in [3.63, 3.8) is 0 Å². The van der Waals surface area contributed by atoms with Crippen molar-refractivity contribution in [3.8, 4) is 23.4 Å². The number of hydrogen-bond acceptors (Lipinski definition) is 7. The maximum atomic E-state index is 13.3. The van der Waals surface area contributed by atoms with Crippen molar-refractivity contribution in [3.05, 3.63) is 69.6 Å². The average molecular weight is 434 g/mol. The van der Waals surface area contributed by atoms with E-state index in [1.165, 1.54) is 24.7 Å². The molecule has 164 valence electrons. The lowest BCUT2D eigenvalue weighted by Gasteiger charge is -2.13. The van der Waals surface area contributed by atoms with E-state index in [1.807, 2.05) is 19.1 Å². The smallest absolute Gasteiger partial charge is 0.269 e.